The number of hydrogen-bond donors (Lipinski definition) is 0. The molecular formula is C51H29NO. The third kappa shape index (κ3) is 4.51. The van der Waals surface area contributed by atoms with E-state index in [0.29, 0.717) is 5.56 Å². The molecule has 11 rings (SSSR count). The molecule has 53 heavy (non-hydrogen) atoms. The normalized spacial score (nSPS) is 11.9. The van der Waals surface area contributed by atoms with Gasteiger partial charge in [-0.25, -0.2) is 0 Å². The Morgan fingerprint density at radius 2 is 0.925 bits per heavy atom. The standard InChI is InChI=1S/C51H29NO/c52-30-31-25-36-11-8-18-44-43-24-23-35(27-49(43)53-50(26-31)51(36)44)32-19-21-34(22-20-32)45-28-47-42-16-6-5-15-41(42)46(29-48(47)40-14-4-3-13-39(40)45)38-17-7-10-33-9-1-2-12-37(33)38/h1-29H. The molecule has 2 nitrogen and oxygen atoms in total. The van der Waals surface area contributed by atoms with E-state index in [-0.39, 0.29) is 0 Å². The van der Waals surface area contributed by atoms with Gasteiger partial charge in [-0.05, 0) is 124 Å². The highest BCUT2D eigenvalue weighted by Crippen LogP contribution is 2.48. The van der Waals surface area contributed by atoms with Crippen LogP contribution in [0.2, 0.25) is 0 Å². The first-order valence-corrected chi connectivity index (χ1v) is 18.0. The number of nitriles is 1. The van der Waals surface area contributed by atoms with E-state index in [4.69, 9.17) is 4.74 Å². The molecule has 0 radical (unpaired) electrons. The minimum atomic E-state index is 0.597. The van der Waals surface area contributed by atoms with Gasteiger partial charge in [-0.15, -0.1) is 0 Å². The molecule has 2 heteroatoms. The van der Waals surface area contributed by atoms with E-state index < -0.39 is 0 Å². The number of nitrogens with zero attached hydrogens (tertiary/aromatic N) is 1. The third-order valence-electron chi connectivity index (χ3n) is 11.1. The Hall–Kier alpha value is -7.21. The monoisotopic (exact) mass is 671 g/mol. The first-order chi connectivity index (χ1) is 26.2. The summed E-state index contributed by atoms with van der Waals surface area (Å²) >= 11 is 0. The van der Waals surface area contributed by atoms with Crippen molar-refractivity contribution in [3.63, 3.8) is 0 Å². The Balaban J connectivity index is 1.04. The Morgan fingerprint density at radius 1 is 0.340 bits per heavy atom. The molecule has 0 saturated heterocycles. The smallest absolute Gasteiger partial charge is 0.137 e. The van der Waals surface area contributed by atoms with Gasteiger partial charge < -0.3 is 4.74 Å². The second kappa shape index (κ2) is 11.4. The first kappa shape index (κ1) is 29.5. The molecule has 0 amide bonds. The molecule has 10 aromatic rings. The van der Waals surface area contributed by atoms with E-state index in [1.165, 1.54) is 65.3 Å². The molecule has 0 atom stereocenters. The van der Waals surface area contributed by atoms with Crippen LogP contribution in [-0.2, 0) is 0 Å². The van der Waals surface area contributed by atoms with E-state index >= 15 is 0 Å². The maximum absolute atomic E-state index is 9.63. The van der Waals surface area contributed by atoms with Crippen LogP contribution in [-0.4, -0.2) is 0 Å². The molecule has 0 bridgehead atoms. The van der Waals surface area contributed by atoms with Crippen LogP contribution in [0.5, 0.6) is 11.5 Å². The molecule has 0 aromatic heterocycles. The first-order valence-electron chi connectivity index (χ1n) is 18.0. The summed E-state index contributed by atoms with van der Waals surface area (Å²) in [5, 5.41) is 21.7. The largest absolute Gasteiger partial charge is 0.456 e. The van der Waals surface area contributed by atoms with Crippen LogP contribution < -0.4 is 4.74 Å². The highest BCUT2D eigenvalue weighted by Gasteiger charge is 2.22. The summed E-state index contributed by atoms with van der Waals surface area (Å²) in [7, 11) is 0. The summed E-state index contributed by atoms with van der Waals surface area (Å²) in [5.74, 6) is 1.53. The molecule has 1 heterocycles. The van der Waals surface area contributed by atoms with Gasteiger partial charge in [-0.3, -0.25) is 0 Å². The summed E-state index contributed by atoms with van der Waals surface area (Å²) in [6.07, 6.45) is 0. The van der Waals surface area contributed by atoms with Crippen molar-refractivity contribution in [3.05, 3.63) is 181 Å². The van der Waals surface area contributed by atoms with Gasteiger partial charge in [-0.2, -0.15) is 5.26 Å². The molecule has 0 saturated carbocycles. The Kier molecular flexibility index (Phi) is 6.35. The second-order valence-corrected chi connectivity index (χ2v) is 13.9. The van der Waals surface area contributed by atoms with Crippen LogP contribution in [0.4, 0.5) is 0 Å². The molecule has 0 spiro atoms. The Morgan fingerprint density at radius 3 is 1.68 bits per heavy atom. The lowest BCUT2D eigenvalue weighted by atomic mass is 9.86. The summed E-state index contributed by atoms with van der Waals surface area (Å²) in [5.41, 5.74) is 9.89. The topological polar surface area (TPSA) is 33.0 Å². The Bertz CT molecular complexity index is 3200. The quantitative estimate of drug-likeness (QED) is 0.175. The van der Waals surface area contributed by atoms with Gasteiger partial charge in [-0.1, -0.05) is 140 Å². The van der Waals surface area contributed by atoms with Crippen LogP contribution in [0.1, 0.15) is 5.56 Å². The zero-order valence-corrected chi connectivity index (χ0v) is 28.6. The zero-order chi connectivity index (χ0) is 35.0. The summed E-state index contributed by atoms with van der Waals surface area (Å²) in [6.45, 7) is 0. The molecule has 1 aliphatic heterocycles. The van der Waals surface area contributed by atoms with Gasteiger partial charge in [0, 0.05) is 10.9 Å². The van der Waals surface area contributed by atoms with Crippen molar-refractivity contribution >= 4 is 53.9 Å². The van der Waals surface area contributed by atoms with Crippen molar-refractivity contribution < 1.29 is 4.74 Å². The fourth-order valence-corrected chi connectivity index (χ4v) is 8.60. The minimum Gasteiger partial charge on any atom is -0.456 e. The average molecular weight is 672 g/mol. The van der Waals surface area contributed by atoms with Crippen LogP contribution in [0.25, 0.3) is 98.4 Å². The van der Waals surface area contributed by atoms with E-state index in [1.54, 1.807) is 0 Å². The van der Waals surface area contributed by atoms with Crippen molar-refractivity contribution in [1.29, 1.82) is 5.26 Å². The fourth-order valence-electron chi connectivity index (χ4n) is 8.60. The third-order valence-corrected chi connectivity index (χ3v) is 11.1. The summed E-state index contributed by atoms with van der Waals surface area (Å²) < 4.78 is 6.48. The molecule has 0 unspecified atom stereocenters. The second-order valence-electron chi connectivity index (χ2n) is 13.9. The van der Waals surface area contributed by atoms with Gasteiger partial charge in [0.25, 0.3) is 0 Å². The molecule has 10 aromatic carbocycles. The lowest BCUT2D eigenvalue weighted by molar-refractivity contribution is 0.487. The summed E-state index contributed by atoms with van der Waals surface area (Å²) in [4.78, 5) is 0. The van der Waals surface area contributed by atoms with Crippen molar-refractivity contribution in [1.82, 2.24) is 0 Å². The van der Waals surface area contributed by atoms with E-state index in [2.05, 4.69) is 158 Å². The van der Waals surface area contributed by atoms with Crippen molar-refractivity contribution in [2.75, 3.05) is 0 Å². The van der Waals surface area contributed by atoms with Crippen LogP contribution in [0.3, 0.4) is 0 Å². The highest BCUT2D eigenvalue weighted by molar-refractivity contribution is 6.24. The van der Waals surface area contributed by atoms with Gasteiger partial charge in [0.1, 0.15) is 11.5 Å². The maximum atomic E-state index is 9.63. The zero-order valence-electron chi connectivity index (χ0n) is 28.6. The fraction of sp³-hybridized carbons (Fsp3) is 0. The SMILES string of the molecule is N#Cc1cc2c3c(cccc3c1)-c1ccc(-c3ccc(-c4cc5c6ccccc6c(-c6cccc7ccccc67)cc5c5ccccc45)cc3)cc1O2. The van der Waals surface area contributed by atoms with Crippen LogP contribution in [0, 0.1) is 11.3 Å². The van der Waals surface area contributed by atoms with Crippen molar-refractivity contribution in [3.8, 4) is 62.1 Å². The predicted octanol–water partition coefficient (Wildman–Crippen LogP) is 14.1. The van der Waals surface area contributed by atoms with Gasteiger partial charge in [0.2, 0.25) is 0 Å². The predicted molar refractivity (Wildman–Crippen MR) is 221 cm³/mol. The van der Waals surface area contributed by atoms with Gasteiger partial charge in [0.05, 0.1) is 11.6 Å². The molecule has 1 aliphatic rings. The van der Waals surface area contributed by atoms with Crippen molar-refractivity contribution in [2.24, 2.45) is 0 Å². The summed E-state index contributed by atoms with van der Waals surface area (Å²) in [6, 6.07) is 65.4. The molecule has 244 valence electrons. The number of benzene rings is 10. The molecule has 0 fully saturated rings. The van der Waals surface area contributed by atoms with E-state index in [1.807, 2.05) is 24.3 Å². The number of hydrogen-bond acceptors (Lipinski definition) is 2. The minimum absolute atomic E-state index is 0.597. The lowest BCUT2D eigenvalue weighted by Gasteiger charge is -2.22. The van der Waals surface area contributed by atoms with Gasteiger partial charge in [0.15, 0.2) is 0 Å². The maximum Gasteiger partial charge on any atom is 0.137 e. The molecule has 0 N–H and O–H groups in total. The lowest BCUT2D eigenvalue weighted by Crippen LogP contribution is -1.98. The number of fused-ring (bicyclic) bond motifs is 8. The van der Waals surface area contributed by atoms with Crippen LogP contribution in [0.15, 0.2) is 176 Å². The van der Waals surface area contributed by atoms with Crippen molar-refractivity contribution in [2.45, 2.75) is 0 Å². The number of ether oxygens (including phenoxy) is 1. The molecule has 0 aliphatic carbocycles. The highest BCUT2D eigenvalue weighted by atomic mass is 16.5. The Labute approximate surface area is 306 Å². The molecular weight excluding hydrogens is 643 g/mol. The van der Waals surface area contributed by atoms with E-state index in [0.717, 1.165) is 44.5 Å². The van der Waals surface area contributed by atoms with Gasteiger partial charge >= 0.3 is 0 Å². The van der Waals surface area contributed by atoms with Crippen LogP contribution >= 0.6 is 0 Å². The van der Waals surface area contributed by atoms with E-state index in [9.17, 15) is 5.26 Å². The number of rotatable bonds is 3. The average Bonchev–Trinajstić information content (AvgIpc) is 3.22.